The van der Waals surface area contributed by atoms with Crippen LogP contribution in [0, 0.1) is 0 Å². The maximum atomic E-state index is 12.2. The Kier molecular flexibility index (Phi) is 3.28. The van der Waals surface area contributed by atoms with E-state index in [1.807, 2.05) is 0 Å². The van der Waals surface area contributed by atoms with E-state index in [0.717, 1.165) is 0 Å². The second-order valence-corrected chi connectivity index (χ2v) is 5.01. The summed E-state index contributed by atoms with van der Waals surface area (Å²) in [4.78, 5) is 24.8. The van der Waals surface area contributed by atoms with Crippen LogP contribution in [0.3, 0.4) is 0 Å². The molecule has 0 saturated heterocycles. The molecule has 1 aliphatic heterocycles. The van der Waals surface area contributed by atoms with Crippen molar-refractivity contribution in [2.45, 2.75) is 18.9 Å². The topological polar surface area (TPSA) is 66.8 Å². The molecule has 6 heteroatoms. The zero-order valence-electron chi connectivity index (χ0n) is 10.9. The maximum absolute atomic E-state index is 12.2. The minimum atomic E-state index is -1.84. The van der Waals surface area contributed by atoms with Gasteiger partial charge in [0.1, 0.15) is 11.5 Å². The predicted octanol–water partition coefficient (Wildman–Crippen LogP) is 1.49. The highest BCUT2D eigenvalue weighted by Gasteiger charge is 2.49. The number of Topliss-reactive ketones (excluding diaryl/α,β-unsaturated/α-hetero) is 1. The second-order valence-electron chi connectivity index (χ2n) is 4.61. The Labute approximate surface area is 115 Å². The minimum Gasteiger partial charge on any atom is -0.495 e. The number of nitrogens with zero attached hydrogens (tertiary/aromatic N) is 1. The lowest BCUT2D eigenvalue weighted by molar-refractivity contribution is -0.141. The SMILES string of the molecule is COc1cc2c(cc1Cl)C(O)(CC(C)=O)C(=O)N2C. The molecule has 0 aromatic heterocycles. The van der Waals surface area contributed by atoms with Crippen molar-refractivity contribution in [1.82, 2.24) is 0 Å². The molecule has 0 radical (unpaired) electrons. The van der Waals surface area contributed by atoms with Crippen LogP contribution in [-0.2, 0) is 15.2 Å². The van der Waals surface area contributed by atoms with E-state index >= 15 is 0 Å². The van der Waals surface area contributed by atoms with E-state index in [9.17, 15) is 14.7 Å². The van der Waals surface area contributed by atoms with Gasteiger partial charge in [-0.1, -0.05) is 11.6 Å². The third kappa shape index (κ3) is 1.99. The first kappa shape index (κ1) is 13.8. The van der Waals surface area contributed by atoms with Crippen LogP contribution in [0.1, 0.15) is 18.9 Å². The van der Waals surface area contributed by atoms with Gasteiger partial charge in [-0.05, 0) is 13.0 Å². The molecule has 0 fully saturated rings. The van der Waals surface area contributed by atoms with Gasteiger partial charge in [-0.25, -0.2) is 0 Å². The van der Waals surface area contributed by atoms with Crippen LogP contribution in [-0.4, -0.2) is 31.0 Å². The number of rotatable bonds is 3. The molecule has 1 atom stereocenters. The summed E-state index contributed by atoms with van der Waals surface area (Å²) >= 11 is 6.02. The van der Waals surface area contributed by atoms with Crippen LogP contribution in [0.5, 0.6) is 5.75 Å². The van der Waals surface area contributed by atoms with E-state index in [-0.39, 0.29) is 17.2 Å². The molecule has 0 spiro atoms. The van der Waals surface area contributed by atoms with Crippen molar-refractivity contribution in [3.8, 4) is 5.75 Å². The van der Waals surface area contributed by atoms with E-state index in [0.29, 0.717) is 17.0 Å². The number of ketones is 1. The highest BCUT2D eigenvalue weighted by molar-refractivity contribution is 6.32. The molecule has 1 N–H and O–H groups in total. The largest absolute Gasteiger partial charge is 0.495 e. The van der Waals surface area contributed by atoms with Crippen molar-refractivity contribution in [1.29, 1.82) is 0 Å². The summed E-state index contributed by atoms with van der Waals surface area (Å²) in [5, 5.41) is 10.8. The van der Waals surface area contributed by atoms with E-state index in [1.165, 1.54) is 32.0 Å². The fourth-order valence-corrected chi connectivity index (χ4v) is 2.58. The van der Waals surface area contributed by atoms with Gasteiger partial charge in [-0.15, -0.1) is 0 Å². The van der Waals surface area contributed by atoms with E-state index in [2.05, 4.69) is 0 Å². The highest BCUT2D eigenvalue weighted by atomic mass is 35.5. The van der Waals surface area contributed by atoms with Gasteiger partial charge in [0, 0.05) is 25.1 Å². The van der Waals surface area contributed by atoms with Gasteiger partial charge in [0.05, 0.1) is 17.8 Å². The van der Waals surface area contributed by atoms with Crippen molar-refractivity contribution in [3.05, 3.63) is 22.7 Å². The molecular formula is C13H14ClNO4. The number of ether oxygens (including phenoxy) is 1. The fraction of sp³-hybridized carbons (Fsp3) is 0.385. The van der Waals surface area contributed by atoms with Gasteiger partial charge in [-0.3, -0.25) is 9.59 Å². The molecule has 19 heavy (non-hydrogen) atoms. The minimum absolute atomic E-state index is 0.272. The lowest BCUT2D eigenvalue weighted by Crippen LogP contribution is -2.39. The summed E-state index contributed by atoms with van der Waals surface area (Å²) < 4.78 is 5.08. The predicted molar refractivity (Wildman–Crippen MR) is 70.6 cm³/mol. The number of fused-ring (bicyclic) bond motifs is 1. The van der Waals surface area contributed by atoms with Gasteiger partial charge in [-0.2, -0.15) is 0 Å². The van der Waals surface area contributed by atoms with Crippen LogP contribution in [0.4, 0.5) is 5.69 Å². The average Bonchev–Trinajstić information content (AvgIpc) is 2.50. The van der Waals surface area contributed by atoms with Crippen LogP contribution in [0.2, 0.25) is 5.02 Å². The van der Waals surface area contributed by atoms with Gasteiger partial charge >= 0.3 is 0 Å². The molecule has 1 aliphatic rings. The third-order valence-electron chi connectivity index (χ3n) is 3.24. The van der Waals surface area contributed by atoms with E-state index in [1.54, 1.807) is 6.07 Å². The monoisotopic (exact) mass is 283 g/mol. The first-order valence-electron chi connectivity index (χ1n) is 5.69. The summed E-state index contributed by atoms with van der Waals surface area (Å²) in [5.74, 6) is -0.404. The number of methoxy groups -OCH3 is 1. The molecular weight excluding hydrogens is 270 g/mol. The molecule has 2 rings (SSSR count). The van der Waals surface area contributed by atoms with Gasteiger partial charge in [0.25, 0.3) is 5.91 Å². The second kappa shape index (κ2) is 4.51. The van der Waals surface area contributed by atoms with Crippen molar-refractivity contribution in [2.75, 3.05) is 19.1 Å². The lowest BCUT2D eigenvalue weighted by atomic mass is 9.90. The number of aliphatic hydroxyl groups is 1. The Morgan fingerprint density at radius 1 is 1.53 bits per heavy atom. The summed E-state index contributed by atoms with van der Waals surface area (Å²) in [6, 6.07) is 3.05. The van der Waals surface area contributed by atoms with Gasteiger partial charge in [0.15, 0.2) is 5.60 Å². The number of benzene rings is 1. The summed E-state index contributed by atoms with van der Waals surface area (Å²) in [5.41, 5.74) is -1.01. The van der Waals surface area contributed by atoms with Crippen LogP contribution < -0.4 is 9.64 Å². The molecule has 1 amide bonds. The van der Waals surface area contributed by atoms with Crippen molar-refractivity contribution < 1.29 is 19.4 Å². The first-order valence-corrected chi connectivity index (χ1v) is 6.07. The average molecular weight is 284 g/mol. The van der Waals surface area contributed by atoms with E-state index in [4.69, 9.17) is 16.3 Å². The van der Waals surface area contributed by atoms with Crippen LogP contribution in [0.25, 0.3) is 0 Å². The van der Waals surface area contributed by atoms with Crippen LogP contribution in [0.15, 0.2) is 12.1 Å². The molecule has 5 nitrogen and oxygen atoms in total. The number of halogens is 1. The lowest BCUT2D eigenvalue weighted by Gasteiger charge is -2.20. The number of amides is 1. The van der Waals surface area contributed by atoms with Crippen molar-refractivity contribution in [2.24, 2.45) is 0 Å². The van der Waals surface area contributed by atoms with Crippen molar-refractivity contribution >= 4 is 29.0 Å². The number of anilines is 1. The summed E-state index contributed by atoms with van der Waals surface area (Å²) in [6.07, 6.45) is -0.272. The number of carbonyl (C=O) groups excluding carboxylic acids is 2. The Morgan fingerprint density at radius 3 is 2.68 bits per heavy atom. The zero-order chi connectivity index (χ0) is 14.4. The Morgan fingerprint density at radius 2 is 2.16 bits per heavy atom. The van der Waals surface area contributed by atoms with Crippen molar-refractivity contribution in [3.63, 3.8) is 0 Å². The normalized spacial score (nSPS) is 21.5. The standard InChI is InChI=1S/C13H14ClNO4/c1-7(16)6-13(18)8-4-9(14)11(19-3)5-10(8)15(2)12(13)17/h4-5,18H,6H2,1-3H3. The van der Waals surface area contributed by atoms with Gasteiger partial charge in [0.2, 0.25) is 0 Å². The smallest absolute Gasteiger partial charge is 0.263 e. The maximum Gasteiger partial charge on any atom is 0.263 e. The molecule has 0 bridgehead atoms. The first-order chi connectivity index (χ1) is 8.81. The molecule has 1 aromatic carbocycles. The Hall–Kier alpha value is -1.59. The molecule has 1 unspecified atom stereocenters. The zero-order valence-corrected chi connectivity index (χ0v) is 11.6. The quantitative estimate of drug-likeness (QED) is 0.913. The van der Waals surface area contributed by atoms with Gasteiger partial charge < -0.3 is 14.7 Å². The fourth-order valence-electron chi connectivity index (χ4n) is 2.34. The molecule has 0 aliphatic carbocycles. The number of carbonyl (C=O) groups is 2. The molecule has 1 heterocycles. The summed E-state index contributed by atoms with van der Waals surface area (Å²) in [7, 11) is 3.00. The van der Waals surface area contributed by atoms with Crippen LogP contribution >= 0.6 is 11.6 Å². The molecule has 0 saturated carbocycles. The summed E-state index contributed by atoms with van der Waals surface area (Å²) in [6.45, 7) is 1.33. The number of hydrogen-bond acceptors (Lipinski definition) is 4. The number of likely N-dealkylation sites (N-methyl/N-ethyl adjacent to an activating group) is 1. The highest BCUT2D eigenvalue weighted by Crippen LogP contribution is 2.45. The Bertz CT molecular complexity index is 572. The molecule has 1 aromatic rings. The Balaban J connectivity index is 2.63. The molecule has 102 valence electrons. The third-order valence-corrected chi connectivity index (χ3v) is 3.54. The number of hydrogen-bond donors (Lipinski definition) is 1. The van der Waals surface area contributed by atoms with E-state index < -0.39 is 11.5 Å².